The van der Waals surface area contributed by atoms with Crippen molar-refractivity contribution in [2.75, 3.05) is 13.1 Å². The molecule has 1 atom stereocenters. The standard InChI is InChI=1S/C14H19NO3S/c1-10-4-5-14(11(2)8-10)19(17,18)15-7-6-13(16)12(3)9-15/h4-5,8,12H,6-7,9H2,1-3H3. The maximum Gasteiger partial charge on any atom is 0.243 e. The van der Waals surface area contributed by atoms with Crippen molar-refractivity contribution < 1.29 is 13.2 Å². The second kappa shape index (κ2) is 5.06. The molecule has 0 aromatic heterocycles. The minimum Gasteiger partial charge on any atom is -0.299 e. The maximum atomic E-state index is 12.6. The fraction of sp³-hybridized carbons (Fsp3) is 0.500. The zero-order valence-electron chi connectivity index (χ0n) is 11.5. The smallest absolute Gasteiger partial charge is 0.243 e. The normalized spacial score (nSPS) is 21.6. The lowest BCUT2D eigenvalue weighted by atomic mass is 10.0. The molecule has 1 aliphatic heterocycles. The molecule has 1 aliphatic rings. The van der Waals surface area contributed by atoms with Gasteiger partial charge in [-0.15, -0.1) is 0 Å². The van der Waals surface area contributed by atoms with Gasteiger partial charge in [0.2, 0.25) is 10.0 Å². The molecule has 1 aromatic carbocycles. The summed E-state index contributed by atoms with van der Waals surface area (Å²) in [6.45, 7) is 6.10. The monoisotopic (exact) mass is 281 g/mol. The van der Waals surface area contributed by atoms with Crippen molar-refractivity contribution >= 4 is 15.8 Å². The van der Waals surface area contributed by atoms with Crippen molar-refractivity contribution in [2.24, 2.45) is 5.92 Å². The molecule has 4 nitrogen and oxygen atoms in total. The average molecular weight is 281 g/mol. The van der Waals surface area contributed by atoms with Gasteiger partial charge in [0.25, 0.3) is 0 Å². The Kier molecular flexibility index (Phi) is 3.78. The number of nitrogens with zero attached hydrogens (tertiary/aromatic N) is 1. The van der Waals surface area contributed by atoms with E-state index in [-0.39, 0.29) is 18.2 Å². The molecule has 0 aliphatic carbocycles. The highest BCUT2D eigenvalue weighted by atomic mass is 32.2. The van der Waals surface area contributed by atoms with Crippen LogP contribution in [0.25, 0.3) is 0 Å². The zero-order chi connectivity index (χ0) is 14.2. The second-order valence-electron chi connectivity index (χ2n) is 5.25. The van der Waals surface area contributed by atoms with Crippen molar-refractivity contribution in [1.82, 2.24) is 4.31 Å². The van der Waals surface area contributed by atoms with Crippen LogP contribution in [0.3, 0.4) is 0 Å². The molecule has 19 heavy (non-hydrogen) atoms. The van der Waals surface area contributed by atoms with E-state index in [1.165, 1.54) is 4.31 Å². The summed E-state index contributed by atoms with van der Waals surface area (Å²) in [7, 11) is -3.48. The van der Waals surface area contributed by atoms with E-state index in [1.807, 2.05) is 13.0 Å². The van der Waals surface area contributed by atoms with Gasteiger partial charge in [-0.1, -0.05) is 24.6 Å². The van der Waals surface area contributed by atoms with Crippen LogP contribution in [0.5, 0.6) is 0 Å². The molecule has 1 fully saturated rings. The fourth-order valence-electron chi connectivity index (χ4n) is 2.43. The first-order chi connectivity index (χ1) is 8.82. The molecule has 0 radical (unpaired) electrons. The van der Waals surface area contributed by atoms with Gasteiger partial charge in [0.15, 0.2) is 0 Å². The number of carbonyl (C=O) groups excluding carboxylic acids is 1. The lowest BCUT2D eigenvalue weighted by molar-refractivity contribution is -0.124. The second-order valence-corrected chi connectivity index (χ2v) is 7.16. The summed E-state index contributed by atoms with van der Waals surface area (Å²) >= 11 is 0. The Morgan fingerprint density at radius 1 is 1.26 bits per heavy atom. The van der Waals surface area contributed by atoms with Crippen LogP contribution in [-0.4, -0.2) is 31.6 Å². The van der Waals surface area contributed by atoms with Crippen LogP contribution in [-0.2, 0) is 14.8 Å². The molecule has 0 bridgehead atoms. The maximum absolute atomic E-state index is 12.6. The highest BCUT2D eigenvalue weighted by Gasteiger charge is 2.32. The van der Waals surface area contributed by atoms with Gasteiger partial charge in [0.05, 0.1) is 4.90 Å². The fourth-order valence-corrected chi connectivity index (χ4v) is 4.16. The number of ketones is 1. The Morgan fingerprint density at radius 3 is 2.53 bits per heavy atom. The van der Waals surface area contributed by atoms with Crippen LogP contribution in [0.4, 0.5) is 0 Å². The van der Waals surface area contributed by atoms with E-state index in [0.717, 1.165) is 11.1 Å². The molecule has 1 aromatic rings. The van der Waals surface area contributed by atoms with E-state index in [1.54, 1.807) is 26.0 Å². The SMILES string of the molecule is Cc1ccc(S(=O)(=O)N2CCC(=O)C(C)C2)c(C)c1. The lowest BCUT2D eigenvalue weighted by Gasteiger charge is -2.29. The minimum atomic E-state index is -3.48. The van der Waals surface area contributed by atoms with Crippen LogP contribution < -0.4 is 0 Å². The molecule has 1 saturated heterocycles. The summed E-state index contributed by atoms with van der Waals surface area (Å²) in [5.41, 5.74) is 1.79. The van der Waals surface area contributed by atoms with Crippen molar-refractivity contribution in [2.45, 2.75) is 32.1 Å². The third kappa shape index (κ3) is 2.72. The van der Waals surface area contributed by atoms with Crippen LogP contribution in [0.1, 0.15) is 24.5 Å². The molecule has 5 heteroatoms. The number of hydrogen-bond acceptors (Lipinski definition) is 3. The number of rotatable bonds is 2. The van der Waals surface area contributed by atoms with Crippen LogP contribution in [0, 0.1) is 19.8 Å². The van der Waals surface area contributed by atoms with Crippen LogP contribution in [0.2, 0.25) is 0 Å². The number of benzene rings is 1. The van der Waals surface area contributed by atoms with Gasteiger partial charge in [-0.3, -0.25) is 4.79 Å². The zero-order valence-corrected chi connectivity index (χ0v) is 12.3. The predicted octanol–water partition coefficient (Wildman–Crippen LogP) is 1.90. The van der Waals surface area contributed by atoms with Gasteiger partial charge in [0, 0.05) is 25.4 Å². The number of aryl methyl sites for hydroxylation is 2. The van der Waals surface area contributed by atoms with Gasteiger partial charge < -0.3 is 0 Å². The molecule has 1 unspecified atom stereocenters. The largest absolute Gasteiger partial charge is 0.299 e. The van der Waals surface area contributed by atoms with Crippen LogP contribution >= 0.6 is 0 Å². The first-order valence-corrected chi connectivity index (χ1v) is 7.86. The third-order valence-corrected chi connectivity index (χ3v) is 5.61. The molecule has 2 rings (SSSR count). The van der Waals surface area contributed by atoms with E-state index < -0.39 is 10.0 Å². The summed E-state index contributed by atoms with van der Waals surface area (Å²) < 4.78 is 26.6. The third-order valence-electron chi connectivity index (χ3n) is 3.58. The van der Waals surface area contributed by atoms with Crippen molar-refractivity contribution in [1.29, 1.82) is 0 Å². The molecular weight excluding hydrogens is 262 g/mol. The first-order valence-electron chi connectivity index (χ1n) is 6.42. The Morgan fingerprint density at radius 2 is 1.95 bits per heavy atom. The van der Waals surface area contributed by atoms with Crippen molar-refractivity contribution in [3.8, 4) is 0 Å². The van der Waals surface area contributed by atoms with E-state index in [9.17, 15) is 13.2 Å². The summed E-state index contributed by atoms with van der Waals surface area (Å²) in [5.74, 6) is -0.0682. The predicted molar refractivity (Wildman–Crippen MR) is 73.5 cm³/mol. The van der Waals surface area contributed by atoms with Gasteiger partial charge in [-0.2, -0.15) is 4.31 Å². The number of carbonyl (C=O) groups is 1. The quantitative estimate of drug-likeness (QED) is 0.832. The molecule has 0 spiro atoms. The van der Waals surface area contributed by atoms with Gasteiger partial charge >= 0.3 is 0 Å². The van der Waals surface area contributed by atoms with Crippen molar-refractivity contribution in [3.05, 3.63) is 29.3 Å². The van der Waals surface area contributed by atoms with Gasteiger partial charge in [-0.05, 0) is 25.5 Å². The van der Waals surface area contributed by atoms with E-state index in [4.69, 9.17) is 0 Å². The van der Waals surface area contributed by atoms with E-state index in [2.05, 4.69) is 0 Å². The van der Waals surface area contributed by atoms with E-state index >= 15 is 0 Å². The minimum absolute atomic E-state index is 0.145. The summed E-state index contributed by atoms with van der Waals surface area (Å²) in [6.07, 6.45) is 0.311. The number of hydrogen-bond donors (Lipinski definition) is 0. The van der Waals surface area contributed by atoms with Crippen molar-refractivity contribution in [3.63, 3.8) is 0 Å². The van der Waals surface area contributed by atoms with Crippen LogP contribution in [0.15, 0.2) is 23.1 Å². The molecule has 0 saturated carbocycles. The number of sulfonamides is 1. The van der Waals surface area contributed by atoms with Gasteiger partial charge in [0.1, 0.15) is 5.78 Å². The Bertz CT molecular complexity index is 607. The topological polar surface area (TPSA) is 54.5 Å². The summed E-state index contributed by atoms with van der Waals surface area (Å²) in [4.78, 5) is 11.8. The molecule has 1 heterocycles. The Labute approximate surface area is 114 Å². The number of Topliss-reactive ketones (excluding diaryl/α,β-unsaturated/α-hetero) is 1. The number of piperidine rings is 1. The molecule has 104 valence electrons. The average Bonchev–Trinajstić information content (AvgIpc) is 2.32. The highest BCUT2D eigenvalue weighted by molar-refractivity contribution is 7.89. The molecule has 0 amide bonds. The first kappa shape index (κ1) is 14.2. The molecule has 0 N–H and O–H groups in total. The molecular formula is C14H19NO3S. The Hall–Kier alpha value is -1.20. The van der Waals surface area contributed by atoms with Gasteiger partial charge in [-0.25, -0.2) is 8.42 Å². The summed E-state index contributed by atoms with van der Waals surface area (Å²) in [6, 6.07) is 5.32. The lowest BCUT2D eigenvalue weighted by Crippen LogP contribution is -2.43. The van der Waals surface area contributed by atoms with E-state index in [0.29, 0.717) is 17.9 Å². The summed E-state index contributed by atoms with van der Waals surface area (Å²) in [5, 5.41) is 0. The highest BCUT2D eigenvalue weighted by Crippen LogP contribution is 2.24. The Balaban J connectivity index is 2.35.